The van der Waals surface area contributed by atoms with Gasteiger partial charge in [-0.15, -0.1) is 0 Å². The number of rotatable bonds is 4. The number of amides is 1. The van der Waals surface area contributed by atoms with Gasteiger partial charge in [-0.05, 0) is 12.0 Å². The Morgan fingerprint density at radius 1 is 1.35 bits per heavy atom. The lowest BCUT2D eigenvalue weighted by Gasteiger charge is -2.09. The predicted molar refractivity (Wildman–Crippen MR) is 70.5 cm³/mol. The molecule has 20 heavy (non-hydrogen) atoms. The van der Waals surface area contributed by atoms with Crippen molar-refractivity contribution >= 4 is 5.91 Å². The zero-order valence-corrected chi connectivity index (χ0v) is 10.9. The van der Waals surface area contributed by atoms with Crippen molar-refractivity contribution in [2.45, 2.75) is 13.0 Å². The number of carbonyl (C=O) groups excluding carboxylic acids is 1. The summed E-state index contributed by atoms with van der Waals surface area (Å²) in [5.74, 6) is 0.613. The Morgan fingerprint density at radius 2 is 2.20 bits per heavy atom. The zero-order chi connectivity index (χ0) is 13.8. The lowest BCUT2D eigenvalue weighted by atomic mass is 10.1. The van der Waals surface area contributed by atoms with Crippen molar-refractivity contribution in [2.24, 2.45) is 5.92 Å². The smallest absolute Gasteiger partial charge is 0.225 e. The average molecular weight is 273 g/mol. The third-order valence-corrected chi connectivity index (χ3v) is 3.34. The molecule has 0 saturated carbocycles. The molecule has 6 nitrogen and oxygen atoms in total. The third-order valence-electron chi connectivity index (χ3n) is 3.34. The Balaban J connectivity index is 1.57. The molecule has 0 unspecified atom stereocenters. The van der Waals surface area contributed by atoms with Crippen molar-refractivity contribution < 1.29 is 14.1 Å². The first kappa shape index (κ1) is 12.8. The van der Waals surface area contributed by atoms with Crippen LogP contribution in [0.1, 0.15) is 12.0 Å². The maximum atomic E-state index is 11.8. The van der Waals surface area contributed by atoms with Crippen molar-refractivity contribution in [1.82, 2.24) is 15.5 Å². The highest BCUT2D eigenvalue weighted by molar-refractivity contribution is 5.79. The summed E-state index contributed by atoms with van der Waals surface area (Å²) in [7, 11) is 0. The van der Waals surface area contributed by atoms with E-state index in [1.165, 1.54) is 6.39 Å². The average Bonchev–Trinajstić information content (AvgIpc) is 3.18. The summed E-state index contributed by atoms with van der Waals surface area (Å²) in [6, 6.07) is 7.70. The molecular formula is C14H15N3O3. The van der Waals surface area contributed by atoms with Gasteiger partial charge in [-0.2, -0.15) is 4.98 Å². The van der Waals surface area contributed by atoms with E-state index < -0.39 is 0 Å². The molecule has 1 amide bonds. The summed E-state index contributed by atoms with van der Waals surface area (Å²) >= 11 is 0. The van der Waals surface area contributed by atoms with Crippen LogP contribution in [0.3, 0.4) is 0 Å². The molecule has 104 valence electrons. The molecule has 1 aromatic heterocycles. The summed E-state index contributed by atoms with van der Waals surface area (Å²) in [5.41, 5.74) is 1.92. The third kappa shape index (κ3) is 2.85. The summed E-state index contributed by atoms with van der Waals surface area (Å²) < 4.78 is 9.91. The van der Waals surface area contributed by atoms with Crippen molar-refractivity contribution in [3.63, 3.8) is 0 Å². The fraction of sp³-hybridized carbons (Fsp3) is 0.357. The minimum atomic E-state index is -0.00592. The second-order valence-electron chi connectivity index (χ2n) is 4.73. The molecule has 1 aliphatic rings. The van der Waals surface area contributed by atoms with Gasteiger partial charge in [-0.1, -0.05) is 29.4 Å². The van der Waals surface area contributed by atoms with Crippen LogP contribution in [0.2, 0.25) is 0 Å². The van der Waals surface area contributed by atoms with Gasteiger partial charge in [-0.25, -0.2) is 0 Å². The number of hydrogen-bond acceptors (Lipinski definition) is 5. The highest BCUT2D eigenvalue weighted by atomic mass is 16.5. The van der Waals surface area contributed by atoms with Gasteiger partial charge < -0.3 is 14.6 Å². The molecule has 0 radical (unpaired) electrons. The highest BCUT2D eigenvalue weighted by Gasteiger charge is 2.22. The maximum absolute atomic E-state index is 11.8. The van der Waals surface area contributed by atoms with Crippen LogP contribution < -0.4 is 5.32 Å². The van der Waals surface area contributed by atoms with Crippen molar-refractivity contribution in [3.8, 4) is 11.4 Å². The van der Waals surface area contributed by atoms with E-state index in [0.717, 1.165) is 17.5 Å². The Labute approximate surface area is 116 Å². The first-order valence-corrected chi connectivity index (χ1v) is 6.54. The number of aromatic nitrogens is 2. The largest absolute Gasteiger partial charge is 0.381 e. The van der Waals surface area contributed by atoms with Gasteiger partial charge in [0.25, 0.3) is 0 Å². The number of benzene rings is 1. The quantitative estimate of drug-likeness (QED) is 0.910. The molecule has 0 aliphatic carbocycles. The predicted octanol–water partition coefficient (Wildman–Crippen LogP) is 1.39. The van der Waals surface area contributed by atoms with E-state index in [-0.39, 0.29) is 11.8 Å². The number of hydrogen-bond donors (Lipinski definition) is 1. The van der Waals surface area contributed by atoms with Crippen LogP contribution >= 0.6 is 0 Å². The molecule has 1 fully saturated rings. The molecule has 1 atom stereocenters. The van der Waals surface area contributed by atoms with E-state index >= 15 is 0 Å². The molecular weight excluding hydrogens is 258 g/mol. The SMILES string of the molecule is O=C(NCc1ccc(-c2ncon2)cc1)[C@@H]1CCOC1. The fourth-order valence-corrected chi connectivity index (χ4v) is 2.14. The summed E-state index contributed by atoms with van der Waals surface area (Å²) in [6.45, 7) is 1.72. The van der Waals surface area contributed by atoms with Crippen molar-refractivity contribution in [1.29, 1.82) is 0 Å². The van der Waals surface area contributed by atoms with Crippen LogP contribution in [-0.4, -0.2) is 29.3 Å². The van der Waals surface area contributed by atoms with Crippen LogP contribution in [0.5, 0.6) is 0 Å². The summed E-state index contributed by atoms with van der Waals surface area (Å²) in [6.07, 6.45) is 2.11. The molecule has 2 heterocycles. The van der Waals surface area contributed by atoms with Gasteiger partial charge >= 0.3 is 0 Å². The van der Waals surface area contributed by atoms with Gasteiger partial charge in [0.2, 0.25) is 18.1 Å². The van der Waals surface area contributed by atoms with Crippen LogP contribution in [-0.2, 0) is 16.1 Å². The van der Waals surface area contributed by atoms with Crippen LogP contribution in [0, 0.1) is 5.92 Å². The van der Waals surface area contributed by atoms with Gasteiger partial charge in [0.05, 0.1) is 12.5 Å². The second kappa shape index (κ2) is 5.83. The lowest BCUT2D eigenvalue weighted by Crippen LogP contribution is -2.30. The van der Waals surface area contributed by atoms with Gasteiger partial charge in [0.15, 0.2) is 0 Å². The van der Waals surface area contributed by atoms with E-state index in [1.54, 1.807) is 0 Å². The van der Waals surface area contributed by atoms with E-state index in [2.05, 4.69) is 15.5 Å². The van der Waals surface area contributed by atoms with Gasteiger partial charge in [0.1, 0.15) is 0 Å². The van der Waals surface area contributed by atoms with E-state index in [1.807, 2.05) is 24.3 Å². The number of nitrogens with one attached hydrogen (secondary N) is 1. The van der Waals surface area contributed by atoms with Crippen LogP contribution in [0.15, 0.2) is 35.2 Å². The van der Waals surface area contributed by atoms with Crippen molar-refractivity contribution in [2.75, 3.05) is 13.2 Å². The number of carbonyl (C=O) groups is 1. The van der Waals surface area contributed by atoms with Crippen molar-refractivity contribution in [3.05, 3.63) is 36.2 Å². The normalized spacial score (nSPS) is 18.1. The summed E-state index contributed by atoms with van der Waals surface area (Å²) in [5, 5.41) is 6.70. The monoisotopic (exact) mass is 273 g/mol. The first-order chi connectivity index (χ1) is 9.83. The molecule has 1 N–H and O–H groups in total. The second-order valence-corrected chi connectivity index (χ2v) is 4.73. The lowest BCUT2D eigenvalue weighted by molar-refractivity contribution is -0.125. The molecule has 2 aromatic rings. The minimum absolute atomic E-state index is 0.00592. The summed E-state index contributed by atoms with van der Waals surface area (Å²) in [4.78, 5) is 15.8. The molecule has 6 heteroatoms. The van der Waals surface area contributed by atoms with E-state index in [0.29, 0.717) is 25.6 Å². The standard InChI is InChI=1S/C14H15N3O3/c18-14(12-5-6-19-8-12)15-7-10-1-3-11(4-2-10)13-16-9-20-17-13/h1-4,9,12H,5-8H2,(H,15,18)/t12-/m1/s1. The number of ether oxygens (including phenoxy) is 1. The molecule has 0 spiro atoms. The molecule has 1 aliphatic heterocycles. The van der Waals surface area contributed by atoms with Crippen LogP contribution in [0.25, 0.3) is 11.4 Å². The maximum Gasteiger partial charge on any atom is 0.225 e. The molecule has 3 rings (SSSR count). The van der Waals surface area contributed by atoms with Crippen LogP contribution in [0.4, 0.5) is 0 Å². The molecule has 0 bridgehead atoms. The van der Waals surface area contributed by atoms with E-state index in [9.17, 15) is 4.79 Å². The first-order valence-electron chi connectivity index (χ1n) is 6.54. The Hall–Kier alpha value is -2.21. The molecule has 1 aromatic carbocycles. The minimum Gasteiger partial charge on any atom is -0.381 e. The highest BCUT2D eigenvalue weighted by Crippen LogP contribution is 2.16. The Bertz CT molecular complexity index is 560. The zero-order valence-electron chi connectivity index (χ0n) is 10.9. The fourth-order valence-electron chi connectivity index (χ4n) is 2.14. The number of nitrogens with zero attached hydrogens (tertiary/aromatic N) is 2. The van der Waals surface area contributed by atoms with Gasteiger partial charge in [0, 0.05) is 18.7 Å². The Kier molecular flexibility index (Phi) is 3.73. The molecule has 1 saturated heterocycles. The Morgan fingerprint density at radius 3 is 2.85 bits per heavy atom. The van der Waals surface area contributed by atoms with Gasteiger partial charge in [-0.3, -0.25) is 4.79 Å². The topological polar surface area (TPSA) is 77.3 Å². The van der Waals surface area contributed by atoms with E-state index in [4.69, 9.17) is 9.26 Å².